The van der Waals surface area contributed by atoms with Crippen molar-refractivity contribution < 1.29 is 4.79 Å². The molecular formula is C13H20N2O. The van der Waals surface area contributed by atoms with Crippen molar-refractivity contribution in [1.29, 1.82) is 0 Å². The molecule has 0 radical (unpaired) electrons. The van der Waals surface area contributed by atoms with E-state index in [1.165, 1.54) is 6.42 Å². The van der Waals surface area contributed by atoms with Crippen LogP contribution in [0.25, 0.3) is 0 Å². The highest BCUT2D eigenvalue weighted by Gasteiger charge is 2.42. The fraction of sp³-hybridized carbons (Fsp3) is 0.769. The summed E-state index contributed by atoms with van der Waals surface area (Å²) in [5.74, 6) is 2.94. The van der Waals surface area contributed by atoms with Crippen LogP contribution in [0.1, 0.15) is 39.0 Å². The number of amides is 1. The molecule has 2 rings (SSSR count). The molecule has 2 aliphatic rings. The highest BCUT2D eigenvalue weighted by molar-refractivity contribution is 5.80. The van der Waals surface area contributed by atoms with Gasteiger partial charge in [-0.15, -0.1) is 6.42 Å². The first-order chi connectivity index (χ1) is 7.74. The van der Waals surface area contributed by atoms with E-state index in [1.807, 2.05) is 0 Å². The summed E-state index contributed by atoms with van der Waals surface area (Å²) in [7, 11) is 0. The van der Waals surface area contributed by atoms with Crippen LogP contribution in [-0.2, 0) is 4.79 Å². The van der Waals surface area contributed by atoms with Gasteiger partial charge in [-0.2, -0.15) is 0 Å². The van der Waals surface area contributed by atoms with Gasteiger partial charge >= 0.3 is 0 Å². The molecule has 2 bridgehead atoms. The lowest BCUT2D eigenvalue weighted by Crippen LogP contribution is -2.42. The molecule has 0 aromatic heterocycles. The summed E-state index contributed by atoms with van der Waals surface area (Å²) in [6, 6.07) is 0.873. The second-order valence-corrected chi connectivity index (χ2v) is 4.91. The van der Waals surface area contributed by atoms with Crippen molar-refractivity contribution in [3.63, 3.8) is 0 Å². The highest BCUT2D eigenvalue weighted by atomic mass is 16.2. The number of nitrogens with one attached hydrogen (secondary N) is 2. The Morgan fingerprint density at radius 2 is 2.44 bits per heavy atom. The van der Waals surface area contributed by atoms with Gasteiger partial charge in [0.25, 0.3) is 0 Å². The average Bonchev–Trinajstić information content (AvgIpc) is 2.89. The summed E-state index contributed by atoms with van der Waals surface area (Å²) in [4.78, 5) is 12.0. The van der Waals surface area contributed by atoms with Crippen molar-refractivity contribution in [2.75, 3.05) is 0 Å². The summed E-state index contributed by atoms with van der Waals surface area (Å²) in [6.45, 7) is 2.08. The second-order valence-electron chi connectivity index (χ2n) is 4.91. The lowest BCUT2D eigenvalue weighted by molar-refractivity contribution is -0.125. The van der Waals surface area contributed by atoms with Crippen LogP contribution >= 0.6 is 0 Å². The maximum atomic E-state index is 12.0. The molecule has 2 heterocycles. The number of carbonyl (C=O) groups excluding carboxylic acids is 1. The van der Waals surface area contributed by atoms with Gasteiger partial charge in [0.15, 0.2) is 0 Å². The first kappa shape index (κ1) is 11.5. The Bertz CT molecular complexity index is 308. The number of fused-ring (bicyclic) bond motifs is 2. The maximum absolute atomic E-state index is 12.0. The zero-order valence-electron chi connectivity index (χ0n) is 9.83. The van der Waals surface area contributed by atoms with Crippen LogP contribution in [0.5, 0.6) is 0 Å². The van der Waals surface area contributed by atoms with E-state index < -0.39 is 0 Å². The number of hydrogen-bond acceptors (Lipinski definition) is 2. The molecule has 1 amide bonds. The molecule has 2 saturated heterocycles. The molecule has 0 aromatic carbocycles. The number of carbonyl (C=O) groups is 1. The monoisotopic (exact) mass is 220 g/mol. The van der Waals surface area contributed by atoms with E-state index >= 15 is 0 Å². The first-order valence-electron chi connectivity index (χ1n) is 6.27. The third-order valence-corrected chi connectivity index (χ3v) is 3.73. The fourth-order valence-corrected chi connectivity index (χ4v) is 2.88. The molecule has 0 saturated carbocycles. The Balaban J connectivity index is 1.86. The molecule has 0 aromatic rings. The van der Waals surface area contributed by atoms with Gasteiger partial charge in [-0.05, 0) is 25.7 Å². The normalized spacial score (nSPS) is 33.4. The van der Waals surface area contributed by atoms with Crippen molar-refractivity contribution >= 4 is 5.91 Å². The van der Waals surface area contributed by atoms with Gasteiger partial charge in [0.05, 0.1) is 12.0 Å². The zero-order valence-corrected chi connectivity index (χ0v) is 9.83. The van der Waals surface area contributed by atoms with Gasteiger partial charge in [-0.25, -0.2) is 0 Å². The molecule has 4 unspecified atom stereocenters. The SMILES string of the molecule is C#CC(CCC)NC(=O)C1CC2CCC1N2. The van der Waals surface area contributed by atoms with Crippen LogP contribution < -0.4 is 10.6 Å². The van der Waals surface area contributed by atoms with Crippen LogP contribution in [0.2, 0.25) is 0 Å². The average molecular weight is 220 g/mol. The molecule has 2 aliphatic heterocycles. The Morgan fingerprint density at radius 1 is 1.62 bits per heavy atom. The van der Waals surface area contributed by atoms with Gasteiger partial charge < -0.3 is 10.6 Å². The Labute approximate surface area is 97.4 Å². The van der Waals surface area contributed by atoms with E-state index in [-0.39, 0.29) is 17.9 Å². The Kier molecular flexibility index (Phi) is 3.50. The summed E-state index contributed by atoms with van der Waals surface area (Å²) in [5.41, 5.74) is 0. The smallest absolute Gasteiger partial charge is 0.225 e. The second kappa shape index (κ2) is 4.88. The molecule has 4 atom stereocenters. The predicted octanol–water partition coefficient (Wildman–Crippen LogP) is 1.04. The number of rotatable bonds is 4. The summed E-state index contributed by atoms with van der Waals surface area (Å²) in [6.07, 6.45) is 10.6. The number of hydrogen-bond donors (Lipinski definition) is 2. The van der Waals surface area contributed by atoms with Gasteiger partial charge in [0.1, 0.15) is 0 Å². The summed E-state index contributed by atoms with van der Waals surface area (Å²) < 4.78 is 0. The predicted molar refractivity (Wildman–Crippen MR) is 63.7 cm³/mol. The zero-order chi connectivity index (χ0) is 11.5. The minimum absolute atomic E-state index is 0.0865. The van der Waals surface area contributed by atoms with Crippen LogP contribution in [0.15, 0.2) is 0 Å². The van der Waals surface area contributed by atoms with Crippen LogP contribution in [0, 0.1) is 18.3 Å². The third kappa shape index (κ3) is 2.22. The van der Waals surface area contributed by atoms with Crippen molar-refractivity contribution in [3.05, 3.63) is 0 Å². The third-order valence-electron chi connectivity index (χ3n) is 3.73. The van der Waals surface area contributed by atoms with Gasteiger partial charge in [0, 0.05) is 12.1 Å². The van der Waals surface area contributed by atoms with Crippen LogP contribution in [0.3, 0.4) is 0 Å². The molecule has 0 spiro atoms. The lowest BCUT2D eigenvalue weighted by Gasteiger charge is -2.21. The van der Waals surface area contributed by atoms with E-state index in [0.717, 1.165) is 25.7 Å². The fourth-order valence-electron chi connectivity index (χ4n) is 2.88. The van der Waals surface area contributed by atoms with E-state index in [4.69, 9.17) is 6.42 Å². The van der Waals surface area contributed by atoms with E-state index in [0.29, 0.717) is 12.1 Å². The van der Waals surface area contributed by atoms with Crippen molar-refractivity contribution in [2.24, 2.45) is 5.92 Å². The number of terminal acetylenes is 1. The van der Waals surface area contributed by atoms with E-state index in [9.17, 15) is 4.79 Å². The van der Waals surface area contributed by atoms with Crippen molar-refractivity contribution in [1.82, 2.24) is 10.6 Å². The van der Waals surface area contributed by atoms with Crippen LogP contribution in [-0.4, -0.2) is 24.0 Å². The first-order valence-corrected chi connectivity index (χ1v) is 6.27. The molecule has 2 fully saturated rings. The van der Waals surface area contributed by atoms with Gasteiger partial charge in [0.2, 0.25) is 5.91 Å². The molecule has 88 valence electrons. The quantitative estimate of drug-likeness (QED) is 0.695. The maximum Gasteiger partial charge on any atom is 0.225 e. The molecule has 3 heteroatoms. The highest BCUT2D eigenvalue weighted by Crippen LogP contribution is 2.33. The standard InChI is InChI=1S/C13H20N2O/c1-3-5-9(4-2)15-13(16)11-8-10-6-7-12(11)14-10/h2,9-12,14H,3,5-8H2,1H3,(H,15,16). The van der Waals surface area contributed by atoms with E-state index in [1.54, 1.807) is 0 Å². The molecule has 3 nitrogen and oxygen atoms in total. The van der Waals surface area contributed by atoms with Crippen molar-refractivity contribution in [3.8, 4) is 12.3 Å². The largest absolute Gasteiger partial charge is 0.342 e. The molecule has 16 heavy (non-hydrogen) atoms. The Hall–Kier alpha value is -1.01. The van der Waals surface area contributed by atoms with Gasteiger partial charge in [-0.1, -0.05) is 19.3 Å². The minimum Gasteiger partial charge on any atom is -0.342 e. The van der Waals surface area contributed by atoms with Crippen molar-refractivity contribution in [2.45, 2.75) is 57.2 Å². The molecular weight excluding hydrogens is 200 g/mol. The topological polar surface area (TPSA) is 41.1 Å². The Morgan fingerprint density at radius 3 is 2.94 bits per heavy atom. The van der Waals surface area contributed by atoms with Crippen LogP contribution in [0.4, 0.5) is 0 Å². The lowest BCUT2D eigenvalue weighted by atomic mass is 9.88. The molecule has 2 N–H and O–H groups in total. The minimum atomic E-state index is -0.0865. The van der Waals surface area contributed by atoms with E-state index in [2.05, 4.69) is 23.5 Å². The van der Waals surface area contributed by atoms with Gasteiger partial charge in [-0.3, -0.25) is 4.79 Å². The molecule has 0 aliphatic carbocycles. The summed E-state index contributed by atoms with van der Waals surface area (Å²) >= 11 is 0. The summed E-state index contributed by atoms with van der Waals surface area (Å²) in [5, 5.41) is 6.45.